The van der Waals surface area contributed by atoms with Crippen LogP contribution < -0.4 is 0 Å². The molecule has 0 aromatic heterocycles. The van der Waals surface area contributed by atoms with Gasteiger partial charge < -0.3 is 18.7 Å². The number of carbonyl (C=O) groups excluding carboxylic acids is 1. The minimum Gasteiger partial charge on any atom is -0.478 e. The smallest absolute Gasteiger partial charge is 0.337 e. The van der Waals surface area contributed by atoms with Gasteiger partial charge in [0.2, 0.25) is 16.6 Å². The Morgan fingerprint density at radius 2 is 1.39 bits per heavy atom. The maximum Gasteiger partial charge on any atom is 0.337 e. The van der Waals surface area contributed by atoms with Crippen molar-refractivity contribution in [2.45, 2.75) is 47.0 Å². The Labute approximate surface area is 140 Å². The van der Waals surface area contributed by atoms with Crippen LogP contribution in [0.4, 0.5) is 0 Å². The van der Waals surface area contributed by atoms with Crippen LogP contribution in [0.2, 0.25) is 26.2 Å². The Morgan fingerprint density at radius 3 is 1.74 bits per heavy atom. The van der Waals surface area contributed by atoms with E-state index >= 15 is 0 Å². The Bertz CT molecular complexity index is 494. The molecule has 0 aliphatic rings. The Hall–Kier alpha value is -1.23. The van der Waals surface area contributed by atoms with E-state index < -0.39 is 28.6 Å². The molecule has 6 nitrogen and oxygen atoms in total. The Morgan fingerprint density at radius 1 is 0.957 bits per heavy atom. The Kier molecular flexibility index (Phi) is 8.67. The molecule has 23 heavy (non-hydrogen) atoms. The Balaban J connectivity index is 6.40. The molecule has 0 saturated heterocycles. The van der Waals surface area contributed by atoms with Crippen molar-refractivity contribution in [1.82, 2.24) is 0 Å². The highest BCUT2D eigenvalue weighted by atomic mass is 28.4. The van der Waals surface area contributed by atoms with Gasteiger partial charge in [-0.3, -0.25) is 0 Å². The van der Waals surface area contributed by atoms with E-state index in [-0.39, 0.29) is 10.4 Å². The second kappa shape index (κ2) is 9.16. The summed E-state index contributed by atoms with van der Waals surface area (Å²) in [6.45, 7) is 13.2. The standard InChI is InChI=1S/C15H28O6Si2/c1-8-11-19-15(18)13(23(6,7)21-10-3)12(14(16)17)22(4,5)20-9-2/h8,11H,9-10H2,1-7H3,(H,16,17)/b11-8?,13-12-. The molecule has 0 saturated carbocycles. The molecule has 0 amide bonds. The molecular weight excluding hydrogens is 332 g/mol. The maximum absolute atomic E-state index is 12.5. The first kappa shape index (κ1) is 21.8. The summed E-state index contributed by atoms with van der Waals surface area (Å²) < 4.78 is 16.5. The minimum absolute atomic E-state index is 0.0268. The van der Waals surface area contributed by atoms with Crippen LogP contribution in [-0.2, 0) is 23.2 Å². The normalized spacial score (nSPS) is 13.9. The number of esters is 1. The topological polar surface area (TPSA) is 82.1 Å². The predicted octanol–water partition coefficient (Wildman–Crippen LogP) is 3.01. The average Bonchev–Trinajstić information content (AvgIpc) is 2.40. The quantitative estimate of drug-likeness (QED) is 0.295. The molecule has 0 unspecified atom stereocenters. The van der Waals surface area contributed by atoms with Gasteiger partial charge in [-0.05, 0) is 47.0 Å². The van der Waals surface area contributed by atoms with Gasteiger partial charge in [-0.2, -0.15) is 0 Å². The summed E-state index contributed by atoms with van der Waals surface area (Å²) in [4.78, 5) is 24.5. The van der Waals surface area contributed by atoms with Gasteiger partial charge in [0.25, 0.3) is 0 Å². The summed E-state index contributed by atoms with van der Waals surface area (Å²) in [5, 5.41) is 9.91. The lowest BCUT2D eigenvalue weighted by Crippen LogP contribution is -2.47. The fraction of sp³-hybridized carbons (Fsp3) is 0.600. The van der Waals surface area contributed by atoms with Crippen LogP contribution in [0.1, 0.15) is 20.8 Å². The van der Waals surface area contributed by atoms with Crippen LogP contribution >= 0.6 is 0 Å². The number of rotatable bonds is 9. The summed E-state index contributed by atoms with van der Waals surface area (Å²) in [5.41, 5.74) is 0. The minimum atomic E-state index is -2.79. The van der Waals surface area contributed by atoms with Gasteiger partial charge in [0.15, 0.2) is 0 Å². The zero-order valence-electron chi connectivity index (χ0n) is 15.1. The summed E-state index contributed by atoms with van der Waals surface area (Å²) in [7, 11) is -5.56. The number of carbonyl (C=O) groups is 2. The molecule has 0 fully saturated rings. The summed E-state index contributed by atoms with van der Waals surface area (Å²) in [6, 6.07) is 0. The number of carboxylic acids is 1. The first-order chi connectivity index (χ1) is 10.5. The summed E-state index contributed by atoms with van der Waals surface area (Å²) in [5.74, 6) is -1.83. The predicted molar refractivity (Wildman–Crippen MR) is 93.8 cm³/mol. The highest BCUT2D eigenvalue weighted by molar-refractivity contribution is 6.90. The second-order valence-electron chi connectivity index (χ2n) is 5.82. The SMILES string of the molecule is CC=COC(=O)/C(=C(\C(=O)O)[Si](C)(C)OCC)[Si](C)(C)OCC. The second-order valence-corrected chi connectivity index (χ2v) is 13.4. The van der Waals surface area contributed by atoms with Gasteiger partial charge in [0.1, 0.15) is 0 Å². The molecule has 0 radical (unpaired) electrons. The van der Waals surface area contributed by atoms with Gasteiger partial charge >= 0.3 is 11.9 Å². The van der Waals surface area contributed by atoms with Crippen molar-refractivity contribution in [2.75, 3.05) is 13.2 Å². The lowest BCUT2D eigenvalue weighted by atomic mass is 10.5. The van der Waals surface area contributed by atoms with Gasteiger partial charge in [-0.1, -0.05) is 6.08 Å². The van der Waals surface area contributed by atoms with E-state index in [1.807, 2.05) is 6.92 Å². The van der Waals surface area contributed by atoms with Gasteiger partial charge in [0, 0.05) is 13.2 Å². The zero-order chi connectivity index (χ0) is 18.3. The molecule has 132 valence electrons. The number of hydrogen-bond donors (Lipinski definition) is 1. The number of aliphatic carboxylic acids is 1. The van der Waals surface area contributed by atoms with Crippen molar-refractivity contribution >= 4 is 28.6 Å². The number of ether oxygens (including phenoxy) is 1. The van der Waals surface area contributed by atoms with E-state index in [9.17, 15) is 14.7 Å². The highest BCUT2D eigenvalue weighted by Crippen LogP contribution is 2.29. The average molecular weight is 361 g/mol. The maximum atomic E-state index is 12.5. The summed E-state index contributed by atoms with van der Waals surface area (Å²) >= 11 is 0. The number of carboxylic acid groups (broad SMARTS) is 1. The molecule has 8 heteroatoms. The number of allylic oxidation sites excluding steroid dienone is 1. The lowest BCUT2D eigenvalue weighted by Gasteiger charge is -2.30. The molecule has 0 aliphatic carbocycles. The highest BCUT2D eigenvalue weighted by Gasteiger charge is 2.45. The lowest BCUT2D eigenvalue weighted by molar-refractivity contribution is -0.135. The van der Waals surface area contributed by atoms with E-state index in [0.29, 0.717) is 13.2 Å². The third-order valence-electron chi connectivity index (χ3n) is 3.19. The van der Waals surface area contributed by atoms with E-state index in [0.717, 1.165) is 0 Å². The fourth-order valence-corrected chi connectivity index (χ4v) is 8.39. The fourth-order valence-electron chi connectivity index (χ4n) is 2.37. The first-order valence-corrected chi connectivity index (χ1v) is 13.4. The van der Waals surface area contributed by atoms with Crippen molar-refractivity contribution in [1.29, 1.82) is 0 Å². The molecule has 0 aromatic rings. The van der Waals surface area contributed by atoms with Crippen LogP contribution in [0.3, 0.4) is 0 Å². The van der Waals surface area contributed by atoms with Crippen LogP contribution in [0, 0.1) is 0 Å². The largest absolute Gasteiger partial charge is 0.478 e. The molecule has 0 rings (SSSR count). The van der Waals surface area contributed by atoms with Crippen molar-refractivity contribution in [3.05, 3.63) is 22.7 Å². The zero-order valence-corrected chi connectivity index (χ0v) is 17.1. The van der Waals surface area contributed by atoms with Gasteiger partial charge in [-0.15, -0.1) is 0 Å². The van der Waals surface area contributed by atoms with Gasteiger partial charge in [-0.25, -0.2) is 9.59 Å². The van der Waals surface area contributed by atoms with Gasteiger partial charge in [0.05, 0.1) is 16.7 Å². The van der Waals surface area contributed by atoms with E-state index in [4.69, 9.17) is 13.6 Å². The van der Waals surface area contributed by atoms with Crippen LogP contribution in [0.15, 0.2) is 22.7 Å². The third-order valence-corrected chi connectivity index (χ3v) is 8.79. The molecule has 0 aliphatic heterocycles. The molecule has 1 N–H and O–H groups in total. The van der Waals surface area contributed by atoms with Crippen LogP contribution in [0.25, 0.3) is 0 Å². The molecule has 0 bridgehead atoms. The first-order valence-electron chi connectivity index (χ1n) is 7.63. The van der Waals surface area contributed by atoms with E-state index in [1.54, 1.807) is 46.1 Å². The van der Waals surface area contributed by atoms with E-state index in [1.165, 1.54) is 6.26 Å². The van der Waals surface area contributed by atoms with Crippen molar-refractivity contribution in [3.63, 3.8) is 0 Å². The third kappa shape index (κ3) is 6.06. The van der Waals surface area contributed by atoms with Crippen molar-refractivity contribution in [2.24, 2.45) is 0 Å². The molecule has 0 aromatic carbocycles. The molecule has 0 heterocycles. The molecule has 0 atom stereocenters. The monoisotopic (exact) mass is 360 g/mol. The van der Waals surface area contributed by atoms with Crippen molar-refractivity contribution in [3.8, 4) is 0 Å². The van der Waals surface area contributed by atoms with E-state index in [2.05, 4.69) is 0 Å². The molecular formula is C15H28O6Si2. The number of hydrogen-bond acceptors (Lipinski definition) is 5. The summed E-state index contributed by atoms with van der Waals surface area (Å²) in [6.07, 6.45) is 2.81. The van der Waals surface area contributed by atoms with Crippen molar-refractivity contribution < 1.29 is 28.3 Å². The molecule has 0 spiro atoms. The van der Waals surface area contributed by atoms with Crippen LogP contribution in [-0.4, -0.2) is 46.9 Å². The van der Waals surface area contributed by atoms with Crippen LogP contribution in [0.5, 0.6) is 0 Å².